The Morgan fingerprint density at radius 1 is 1.21 bits per heavy atom. The molecule has 6 heteroatoms. The summed E-state index contributed by atoms with van der Waals surface area (Å²) >= 11 is 0. The number of rotatable bonds is 7. The van der Waals surface area contributed by atoms with E-state index in [2.05, 4.69) is 39.3 Å². The largest absolute Gasteiger partial charge is 0.361 e. The highest BCUT2D eigenvalue weighted by molar-refractivity contribution is 7.88. The number of nitrogens with one attached hydrogen (secondary N) is 3. The van der Waals surface area contributed by atoms with Crippen LogP contribution in [0, 0.1) is 0 Å². The molecular weight excluding hydrogens is 262 g/mol. The number of aromatic nitrogens is 1. The molecule has 0 unspecified atom stereocenters. The molecule has 0 atom stereocenters. The predicted octanol–water partition coefficient (Wildman–Crippen LogP) is 1.20. The zero-order chi connectivity index (χ0) is 13.7. The first-order valence-corrected chi connectivity index (χ1v) is 8.15. The fraction of sp³-hybridized carbons (Fsp3) is 0.385. The molecule has 0 spiro atoms. The molecule has 0 aliphatic carbocycles. The highest BCUT2D eigenvalue weighted by Crippen LogP contribution is 2.13. The molecule has 0 aliphatic rings. The molecule has 1 heterocycles. The Hall–Kier alpha value is -1.37. The molecule has 1 aromatic heterocycles. The molecular formula is C13H19N3O2S. The van der Waals surface area contributed by atoms with E-state index < -0.39 is 10.0 Å². The fourth-order valence-corrected chi connectivity index (χ4v) is 2.43. The lowest BCUT2D eigenvalue weighted by molar-refractivity contribution is 0.579. The predicted molar refractivity (Wildman–Crippen MR) is 77.5 cm³/mol. The lowest BCUT2D eigenvalue weighted by Crippen LogP contribution is -2.26. The third-order valence-electron chi connectivity index (χ3n) is 2.84. The van der Waals surface area contributed by atoms with Gasteiger partial charge in [-0.2, -0.15) is 0 Å². The van der Waals surface area contributed by atoms with Gasteiger partial charge in [0.15, 0.2) is 0 Å². The van der Waals surface area contributed by atoms with E-state index >= 15 is 0 Å². The van der Waals surface area contributed by atoms with E-state index in [9.17, 15) is 8.42 Å². The van der Waals surface area contributed by atoms with Gasteiger partial charge < -0.3 is 10.3 Å². The Morgan fingerprint density at radius 3 is 2.84 bits per heavy atom. The van der Waals surface area contributed by atoms with Crippen molar-refractivity contribution in [3.8, 4) is 0 Å². The minimum Gasteiger partial charge on any atom is -0.361 e. The Labute approximate surface area is 113 Å². The molecule has 2 rings (SSSR count). The lowest BCUT2D eigenvalue weighted by Gasteiger charge is -2.05. The van der Waals surface area contributed by atoms with Crippen molar-refractivity contribution in [2.75, 3.05) is 19.3 Å². The molecule has 2 aromatic rings. The van der Waals surface area contributed by atoms with Crippen molar-refractivity contribution >= 4 is 20.9 Å². The zero-order valence-electron chi connectivity index (χ0n) is 10.9. The van der Waals surface area contributed by atoms with Crippen LogP contribution in [0.15, 0.2) is 30.5 Å². The van der Waals surface area contributed by atoms with Gasteiger partial charge in [0.1, 0.15) is 0 Å². The fourth-order valence-electron chi connectivity index (χ4n) is 1.92. The van der Waals surface area contributed by atoms with Crippen molar-refractivity contribution in [3.05, 3.63) is 36.0 Å². The second kappa shape index (κ2) is 6.18. The van der Waals surface area contributed by atoms with Gasteiger partial charge in [-0.1, -0.05) is 6.07 Å². The molecule has 3 N–H and O–H groups in total. The summed E-state index contributed by atoms with van der Waals surface area (Å²) in [6.07, 6.45) is 3.88. The minimum absolute atomic E-state index is 0.475. The van der Waals surface area contributed by atoms with E-state index in [1.165, 1.54) is 17.2 Å². The van der Waals surface area contributed by atoms with Crippen LogP contribution in [0.3, 0.4) is 0 Å². The van der Waals surface area contributed by atoms with Crippen LogP contribution in [0.4, 0.5) is 0 Å². The van der Waals surface area contributed by atoms with E-state index in [1.54, 1.807) is 0 Å². The van der Waals surface area contributed by atoms with Crippen LogP contribution in [-0.4, -0.2) is 32.7 Å². The van der Waals surface area contributed by atoms with Gasteiger partial charge >= 0.3 is 0 Å². The van der Waals surface area contributed by atoms with Crippen molar-refractivity contribution < 1.29 is 8.42 Å². The van der Waals surface area contributed by atoms with Gasteiger partial charge in [-0.15, -0.1) is 0 Å². The van der Waals surface area contributed by atoms with Crippen LogP contribution in [-0.2, 0) is 16.6 Å². The average Bonchev–Trinajstić information content (AvgIpc) is 2.79. The number of sulfonamides is 1. The van der Waals surface area contributed by atoms with Gasteiger partial charge in [-0.3, -0.25) is 0 Å². The van der Waals surface area contributed by atoms with Gasteiger partial charge in [0.2, 0.25) is 10.0 Å². The van der Waals surface area contributed by atoms with Gasteiger partial charge in [0.25, 0.3) is 0 Å². The summed E-state index contributed by atoms with van der Waals surface area (Å²) in [6.45, 7) is 2.05. The maximum Gasteiger partial charge on any atom is 0.208 e. The van der Waals surface area contributed by atoms with Crippen molar-refractivity contribution in [1.29, 1.82) is 0 Å². The van der Waals surface area contributed by atoms with Crippen LogP contribution < -0.4 is 10.0 Å². The van der Waals surface area contributed by atoms with E-state index in [0.29, 0.717) is 6.54 Å². The highest BCUT2D eigenvalue weighted by atomic mass is 32.2. The molecule has 0 amide bonds. The number of benzene rings is 1. The Kier molecular flexibility index (Phi) is 4.57. The molecule has 0 saturated heterocycles. The number of hydrogen-bond acceptors (Lipinski definition) is 3. The summed E-state index contributed by atoms with van der Waals surface area (Å²) in [5, 5.41) is 4.51. The quantitative estimate of drug-likeness (QED) is 0.668. The van der Waals surface area contributed by atoms with Crippen LogP contribution in [0.1, 0.15) is 12.0 Å². The zero-order valence-corrected chi connectivity index (χ0v) is 11.8. The van der Waals surface area contributed by atoms with Crippen molar-refractivity contribution in [2.24, 2.45) is 0 Å². The van der Waals surface area contributed by atoms with Gasteiger partial charge in [-0.25, -0.2) is 13.1 Å². The molecule has 0 fully saturated rings. The minimum atomic E-state index is -3.06. The maximum atomic E-state index is 10.8. The van der Waals surface area contributed by atoms with Gasteiger partial charge in [-0.05, 0) is 42.1 Å². The second-order valence-electron chi connectivity index (χ2n) is 4.60. The van der Waals surface area contributed by atoms with E-state index in [-0.39, 0.29) is 0 Å². The third-order valence-corrected chi connectivity index (χ3v) is 3.57. The topological polar surface area (TPSA) is 74.0 Å². The molecule has 0 bridgehead atoms. The molecule has 19 heavy (non-hydrogen) atoms. The van der Waals surface area contributed by atoms with Crippen molar-refractivity contribution in [2.45, 2.75) is 13.0 Å². The standard InChI is InChI=1S/C13H19N3O2S/c1-19(17,18)16-7-2-6-14-10-11-3-4-13-12(9-11)5-8-15-13/h3-5,8-9,14-16H,2,6-7,10H2,1H3. The third kappa shape index (κ3) is 4.66. The smallest absolute Gasteiger partial charge is 0.208 e. The summed E-state index contributed by atoms with van der Waals surface area (Å²) < 4.78 is 24.2. The van der Waals surface area contributed by atoms with Gasteiger partial charge in [0.05, 0.1) is 6.26 Å². The molecule has 0 radical (unpaired) electrons. The van der Waals surface area contributed by atoms with Crippen molar-refractivity contribution in [1.82, 2.24) is 15.0 Å². The summed E-state index contributed by atoms with van der Waals surface area (Å²) in [7, 11) is -3.06. The number of H-pyrrole nitrogens is 1. The van der Waals surface area contributed by atoms with Gasteiger partial charge in [0, 0.05) is 24.8 Å². The Balaban J connectivity index is 1.71. The van der Waals surface area contributed by atoms with E-state index in [1.807, 2.05) is 6.20 Å². The Morgan fingerprint density at radius 2 is 2.05 bits per heavy atom. The summed E-state index contributed by atoms with van der Waals surface area (Å²) in [4.78, 5) is 3.16. The Bertz CT molecular complexity index is 634. The summed E-state index contributed by atoms with van der Waals surface area (Å²) in [5.41, 5.74) is 2.37. The average molecular weight is 281 g/mol. The molecule has 5 nitrogen and oxygen atoms in total. The molecule has 104 valence electrons. The van der Waals surface area contributed by atoms with Crippen LogP contribution in [0.25, 0.3) is 10.9 Å². The SMILES string of the molecule is CS(=O)(=O)NCCCNCc1ccc2[nH]ccc2c1. The summed E-state index contributed by atoms with van der Waals surface area (Å²) in [5.74, 6) is 0. The normalized spacial score (nSPS) is 12.1. The number of hydrogen-bond donors (Lipinski definition) is 3. The molecule has 1 aromatic carbocycles. The molecule has 0 saturated carbocycles. The summed E-state index contributed by atoms with van der Waals surface area (Å²) in [6, 6.07) is 8.35. The van der Waals surface area contributed by atoms with E-state index in [4.69, 9.17) is 0 Å². The first-order chi connectivity index (χ1) is 9.04. The van der Waals surface area contributed by atoms with Crippen LogP contribution >= 0.6 is 0 Å². The molecule has 0 aliphatic heterocycles. The number of aromatic amines is 1. The first kappa shape index (κ1) is 14.0. The highest BCUT2D eigenvalue weighted by Gasteiger charge is 1.99. The van der Waals surface area contributed by atoms with E-state index in [0.717, 1.165) is 25.0 Å². The first-order valence-electron chi connectivity index (χ1n) is 6.26. The lowest BCUT2D eigenvalue weighted by atomic mass is 10.1. The maximum absolute atomic E-state index is 10.8. The second-order valence-corrected chi connectivity index (χ2v) is 6.43. The van der Waals surface area contributed by atoms with Crippen molar-refractivity contribution in [3.63, 3.8) is 0 Å². The van der Waals surface area contributed by atoms with Crippen LogP contribution in [0.2, 0.25) is 0 Å². The monoisotopic (exact) mass is 281 g/mol. The number of fused-ring (bicyclic) bond motifs is 1. The van der Waals surface area contributed by atoms with Crippen LogP contribution in [0.5, 0.6) is 0 Å².